The van der Waals surface area contributed by atoms with Crippen LogP contribution in [0.3, 0.4) is 0 Å². The quantitative estimate of drug-likeness (QED) is 0.916. The van der Waals surface area contributed by atoms with E-state index in [1.165, 1.54) is 12.1 Å². The monoisotopic (exact) mass is 293 g/mol. The summed E-state index contributed by atoms with van der Waals surface area (Å²) in [7, 11) is 0. The molecule has 21 heavy (non-hydrogen) atoms. The highest BCUT2D eigenvalue weighted by molar-refractivity contribution is 5.86. The zero-order valence-electron chi connectivity index (χ0n) is 11.3. The van der Waals surface area contributed by atoms with Crippen LogP contribution in [0.15, 0.2) is 30.3 Å². The highest BCUT2D eigenvalue weighted by Gasteiger charge is 2.16. The summed E-state index contributed by atoms with van der Waals surface area (Å²) in [6, 6.07) is 5.84. The molecule has 2 rings (SSSR count). The van der Waals surface area contributed by atoms with Crippen LogP contribution in [0.1, 0.15) is 23.8 Å². The summed E-state index contributed by atoms with van der Waals surface area (Å²) in [5, 5.41) is 8.88. The molecule has 0 aliphatic rings. The van der Waals surface area contributed by atoms with Gasteiger partial charge >= 0.3 is 5.97 Å². The van der Waals surface area contributed by atoms with Crippen molar-refractivity contribution < 1.29 is 23.4 Å². The third-order valence-corrected chi connectivity index (χ3v) is 2.73. The second-order valence-electron chi connectivity index (χ2n) is 4.32. The lowest BCUT2D eigenvalue weighted by atomic mass is 10.1. The Morgan fingerprint density at radius 2 is 1.95 bits per heavy atom. The van der Waals surface area contributed by atoms with Crippen molar-refractivity contribution in [3.8, 4) is 17.0 Å². The van der Waals surface area contributed by atoms with Gasteiger partial charge < -0.3 is 9.84 Å². The fourth-order valence-electron chi connectivity index (χ4n) is 1.75. The predicted molar refractivity (Wildman–Crippen MR) is 72.3 cm³/mol. The predicted octanol–water partition coefficient (Wildman–Crippen LogP) is 3.51. The topological polar surface area (TPSA) is 59.4 Å². The Bertz CT molecular complexity index is 674. The first-order chi connectivity index (χ1) is 10.0. The molecule has 1 N–H and O–H groups in total. The van der Waals surface area contributed by atoms with Crippen molar-refractivity contribution in [3.05, 3.63) is 47.7 Å². The van der Waals surface area contributed by atoms with Gasteiger partial charge in [0.15, 0.2) is 0 Å². The Kier molecular flexibility index (Phi) is 4.47. The van der Waals surface area contributed by atoms with Crippen LogP contribution in [0.25, 0.3) is 11.3 Å². The summed E-state index contributed by atoms with van der Waals surface area (Å²) >= 11 is 0. The summed E-state index contributed by atoms with van der Waals surface area (Å²) in [5.41, 5.74) is -0.843. The molecule has 0 aliphatic carbocycles. The third kappa shape index (κ3) is 3.34. The largest absolute Gasteiger partial charge is 0.494 e. The smallest absolute Gasteiger partial charge is 0.354 e. The average molecular weight is 293 g/mol. The third-order valence-electron chi connectivity index (χ3n) is 2.73. The second-order valence-corrected chi connectivity index (χ2v) is 4.32. The minimum absolute atomic E-state index is 0.135. The first-order valence-corrected chi connectivity index (χ1v) is 6.35. The SMILES string of the molecule is CCCOc1ccc(F)c(-c2nc(C(=O)O)ccc2F)c1. The fraction of sp³-hybridized carbons (Fsp3) is 0.200. The molecule has 4 nitrogen and oxygen atoms in total. The van der Waals surface area contributed by atoms with E-state index in [1.807, 2.05) is 6.92 Å². The number of rotatable bonds is 5. The lowest BCUT2D eigenvalue weighted by Gasteiger charge is -2.09. The van der Waals surface area contributed by atoms with Gasteiger partial charge in [-0.2, -0.15) is 0 Å². The Labute approximate surface area is 120 Å². The van der Waals surface area contributed by atoms with Gasteiger partial charge in [-0.3, -0.25) is 0 Å². The number of carboxylic acid groups (broad SMARTS) is 1. The van der Waals surface area contributed by atoms with E-state index in [2.05, 4.69) is 4.98 Å². The molecule has 0 spiro atoms. The molecule has 1 heterocycles. The molecule has 0 atom stereocenters. The Balaban J connectivity index is 2.49. The van der Waals surface area contributed by atoms with Crippen LogP contribution in [0.5, 0.6) is 5.75 Å². The number of carboxylic acids is 1. The number of aromatic nitrogens is 1. The maximum absolute atomic E-state index is 13.9. The number of pyridine rings is 1. The van der Waals surface area contributed by atoms with Gasteiger partial charge in [0.25, 0.3) is 0 Å². The number of hydrogen-bond donors (Lipinski definition) is 1. The molecular weight excluding hydrogens is 280 g/mol. The van der Waals surface area contributed by atoms with E-state index in [1.54, 1.807) is 0 Å². The Morgan fingerprint density at radius 1 is 1.24 bits per heavy atom. The normalized spacial score (nSPS) is 10.4. The summed E-state index contributed by atoms with van der Waals surface area (Å²) < 4.78 is 33.1. The standard InChI is InChI=1S/C15H13F2NO3/c1-2-7-21-9-3-4-11(16)10(8-9)14-12(17)5-6-13(18-14)15(19)20/h3-6,8H,2,7H2,1H3,(H,19,20). The van der Waals surface area contributed by atoms with E-state index in [-0.39, 0.29) is 17.0 Å². The van der Waals surface area contributed by atoms with Crippen LogP contribution in [0, 0.1) is 11.6 Å². The van der Waals surface area contributed by atoms with Crippen molar-refractivity contribution in [2.75, 3.05) is 6.61 Å². The Morgan fingerprint density at radius 3 is 2.62 bits per heavy atom. The lowest BCUT2D eigenvalue weighted by molar-refractivity contribution is 0.0690. The minimum atomic E-state index is -1.31. The summed E-state index contributed by atoms with van der Waals surface area (Å²) in [4.78, 5) is 14.5. The van der Waals surface area contributed by atoms with E-state index >= 15 is 0 Å². The number of halogens is 2. The van der Waals surface area contributed by atoms with E-state index in [9.17, 15) is 13.6 Å². The van der Waals surface area contributed by atoms with Crippen molar-refractivity contribution in [2.24, 2.45) is 0 Å². The van der Waals surface area contributed by atoms with Gasteiger partial charge in [-0.05, 0) is 36.8 Å². The molecule has 0 saturated carbocycles. The van der Waals surface area contributed by atoms with Gasteiger partial charge in [0.2, 0.25) is 0 Å². The van der Waals surface area contributed by atoms with Crippen molar-refractivity contribution >= 4 is 5.97 Å². The summed E-state index contributed by atoms with van der Waals surface area (Å²) in [5.74, 6) is -2.44. The molecule has 110 valence electrons. The van der Waals surface area contributed by atoms with Gasteiger partial charge in [-0.15, -0.1) is 0 Å². The molecule has 1 aromatic heterocycles. The van der Waals surface area contributed by atoms with E-state index < -0.39 is 17.6 Å². The molecule has 0 amide bonds. The minimum Gasteiger partial charge on any atom is -0.494 e. The molecular formula is C15H13F2NO3. The van der Waals surface area contributed by atoms with Gasteiger partial charge in [-0.1, -0.05) is 6.92 Å². The molecule has 6 heteroatoms. The van der Waals surface area contributed by atoms with Gasteiger partial charge in [-0.25, -0.2) is 18.6 Å². The van der Waals surface area contributed by atoms with E-state index in [4.69, 9.17) is 9.84 Å². The average Bonchev–Trinajstić information content (AvgIpc) is 2.47. The van der Waals surface area contributed by atoms with Gasteiger partial charge in [0.1, 0.15) is 28.8 Å². The maximum Gasteiger partial charge on any atom is 0.354 e. The molecule has 0 bridgehead atoms. The first-order valence-electron chi connectivity index (χ1n) is 6.35. The van der Waals surface area contributed by atoms with Crippen LogP contribution in [0.4, 0.5) is 8.78 Å². The number of nitrogens with zero attached hydrogens (tertiary/aromatic N) is 1. The summed E-state index contributed by atoms with van der Waals surface area (Å²) in [6.45, 7) is 2.36. The molecule has 2 aromatic rings. The molecule has 0 aliphatic heterocycles. The highest BCUT2D eigenvalue weighted by Crippen LogP contribution is 2.28. The van der Waals surface area contributed by atoms with Crippen LogP contribution in [-0.4, -0.2) is 22.7 Å². The number of carbonyl (C=O) groups is 1. The van der Waals surface area contributed by atoms with Crippen LogP contribution >= 0.6 is 0 Å². The number of benzene rings is 1. The fourth-order valence-corrected chi connectivity index (χ4v) is 1.75. The molecule has 0 unspecified atom stereocenters. The lowest BCUT2D eigenvalue weighted by Crippen LogP contribution is -2.04. The van der Waals surface area contributed by atoms with E-state index in [0.717, 1.165) is 24.6 Å². The zero-order valence-corrected chi connectivity index (χ0v) is 11.3. The Hall–Kier alpha value is -2.50. The number of hydrogen-bond acceptors (Lipinski definition) is 3. The van der Waals surface area contributed by atoms with Crippen LogP contribution < -0.4 is 4.74 Å². The van der Waals surface area contributed by atoms with Crippen molar-refractivity contribution in [3.63, 3.8) is 0 Å². The first kappa shape index (κ1) is 14.9. The number of aromatic carboxylic acids is 1. The van der Waals surface area contributed by atoms with Crippen molar-refractivity contribution in [1.82, 2.24) is 4.98 Å². The zero-order chi connectivity index (χ0) is 15.4. The van der Waals surface area contributed by atoms with Crippen molar-refractivity contribution in [2.45, 2.75) is 13.3 Å². The van der Waals surface area contributed by atoms with Crippen LogP contribution in [0.2, 0.25) is 0 Å². The molecule has 1 aromatic carbocycles. The van der Waals surface area contributed by atoms with Gasteiger partial charge in [0.05, 0.1) is 6.61 Å². The number of ether oxygens (including phenoxy) is 1. The van der Waals surface area contributed by atoms with Gasteiger partial charge in [0, 0.05) is 5.56 Å². The van der Waals surface area contributed by atoms with E-state index in [0.29, 0.717) is 12.4 Å². The van der Waals surface area contributed by atoms with Crippen molar-refractivity contribution in [1.29, 1.82) is 0 Å². The molecule has 0 saturated heterocycles. The second kappa shape index (κ2) is 6.30. The summed E-state index contributed by atoms with van der Waals surface area (Å²) in [6.07, 6.45) is 0.772. The molecule has 0 fully saturated rings. The molecule has 0 radical (unpaired) electrons. The van der Waals surface area contributed by atoms with Crippen LogP contribution in [-0.2, 0) is 0 Å². The highest BCUT2D eigenvalue weighted by atomic mass is 19.1. The maximum atomic E-state index is 13.9.